The van der Waals surface area contributed by atoms with E-state index in [-0.39, 0.29) is 27.4 Å². The molecule has 0 fully saturated rings. The van der Waals surface area contributed by atoms with Crippen LogP contribution in [0.2, 0.25) is 21.6 Å². The first-order valence-corrected chi connectivity index (χ1v) is 14.2. The zero-order valence-corrected chi connectivity index (χ0v) is 22.9. The minimum atomic E-state index is -2.02. The van der Waals surface area contributed by atoms with Gasteiger partial charge in [-0.15, -0.1) is 5.54 Å². The fourth-order valence-electron chi connectivity index (χ4n) is 5.26. The third-order valence-electron chi connectivity index (χ3n) is 6.93. The molecule has 3 aromatic rings. The second kappa shape index (κ2) is 9.85. The van der Waals surface area contributed by atoms with E-state index in [9.17, 15) is 14.4 Å². The van der Waals surface area contributed by atoms with Gasteiger partial charge in [0.1, 0.15) is 31.2 Å². The molecule has 0 bridgehead atoms. The molecule has 0 aliphatic rings. The highest BCUT2D eigenvalue weighted by Crippen LogP contribution is 2.41. The van der Waals surface area contributed by atoms with E-state index in [1.807, 2.05) is 0 Å². The fraction of sp³-hybridized carbons (Fsp3) is 0.370. The van der Waals surface area contributed by atoms with Crippen molar-refractivity contribution in [3.8, 4) is 17.5 Å². The Balaban J connectivity index is 2.28. The minimum Gasteiger partial charge on any atom is -0.398 e. The summed E-state index contributed by atoms with van der Waals surface area (Å²) in [4.78, 5) is 13.3. The van der Waals surface area contributed by atoms with Gasteiger partial charge in [0.2, 0.25) is 0 Å². The molecule has 8 heteroatoms. The van der Waals surface area contributed by atoms with E-state index < -0.39 is 19.7 Å². The number of nitriles is 1. The van der Waals surface area contributed by atoms with Gasteiger partial charge in [-0.25, -0.2) is 4.39 Å². The first kappa shape index (κ1) is 26.5. The van der Waals surface area contributed by atoms with Gasteiger partial charge >= 0.3 is 0 Å². The molecule has 0 saturated heterocycles. The molecule has 1 heterocycles. The Kier molecular flexibility index (Phi) is 7.45. The second-order valence-electron chi connectivity index (χ2n) is 9.80. The predicted molar refractivity (Wildman–Crippen MR) is 143 cm³/mol. The number of hydrogen-bond acceptors (Lipinski definition) is 4. The van der Waals surface area contributed by atoms with Crippen LogP contribution < -0.4 is 5.73 Å². The van der Waals surface area contributed by atoms with Crippen molar-refractivity contribution in [1.29, 1.82) is 5.26 Å². The van der Waals surface area contributed by atoms with Crippen molar-refractivity contribution < 1.29 is 9.18 Å². The maximum atomic E-state index is 13.8. The monoisotopic (exact) mass is 508 g/mol. The van der Waals surface area contributed by atoms with Crippen molar-refractivity contribution in [2.24, 2.45) is 7.05 Å². The Morgan fingerprint density at radius 2 is 1.74 bits per heavy atom. The van der Waals surface area contributed by atoms with Gasteiger partial charge in [-0.05, 0) is 40.9 Å². The number of ketones is 1. The Morgan fingerprint density at radius 1 is 1.14 bits per heavy atom. The summed E-state index contributed by atoms with van der Waals surface area (Å²) in [6.07, 6.45) is 0. The van der Waals surface area contributed by atoms with Crippen LogP contribution in [0.1, 0.15) is 68.7 Å². The number of anilines is 1. The number of rotatable bonds is 5. The number of fused-ring (bicyclic) bond motifs is 1. The summed E-state index contributed by atoms with van der Waals surface area (Å²) in [5.41, 5.74) is 12.3. The van der Waals surface area contributed by atoms with E-state index in [4.69, 9.17) is 17.3 Å². The molecule has 0 amide bonds. The average Bonchev–Trinajstić information content (AvgIpc) is 3.08. The number of carbonyl (C=O) groups is 1. The molecule has 0 radical (unpaired) electrons. The molecule has 1 aromatic heterocycles. The number of aryl methyl sites for hydroxylation is 1. The first-order chi connectivity index (χ1) is 16.4. The lowest BCUT2D eigenvalue weighted by Gasteiger charge is -2.38. The van der Waals surface area contributed by atoms with Crippen LogP contribution >= 0.6 is 11.6 Å². The molecule has 0 atom stereocenters. The summed E-state index contributed by atoms with van der Waals surface area (Å²) in [5, 5.41) is 15.2. The molecule has 5 nitrogen and oxygen atoms in total. The summed E-state index contributed by atoms with van der Waals surface area (Å²) in [5.74, 6) is 2.15. The van der Waals surface area contributed by atoms with Crippen LogP contribution in [0.5, 0.6) is 0 Å². The van der Waals surface area contributed by atoms with Gasteiger partial charge in [0.15, 0.2) is 5.78 Å². The van der Waals surface area contributed by atoms with Crippen LogP contribution in [0.4, 0.5) is 10.1 Å². The summed E-state index contributed by atoms with van der Waals surface area (Å²) in [7, 11) is -0.257. The number of nitrogens with two attached hydrogens (primary N) is 1. The number of nitrogens with zero attached hydrogens (tertiary/aromatic N) is 3. The van der Waals surface area contributed by atoms with E-state index >= 15 is 0 Å². The number of hydrogen-bond donors (Lipinski definition) is 1. The number of halogens is 2. The molecule has 0 spiro atoms. The standard InChI is InChI=1S/C27H30ClFN4OSi/c1-15(2)35(16(3)4,17(5)6)11-10-24-20-13-23(31)25(21(14-30)26(20)32-33(24)7)27(34)19-12-18(29)8-9-22(19)28/h8-9,12-13,15-17H,31H2,1-7H3. The highest BCUT2D eigenvalue weighted by molar-refractivity contribution is 6.90. The van der Waals surface area contributed by atoms with Crippen LogP contribution in [0.25, 0.3) is 10.9 Å². The van der Waals surface area contributed by atoms with Crippen LogP contribution in [-0.2, 0) is 7.05 Å². The third kappa shape index (κ3) is 4.47. The first-order valence-electron chi connectivity index (χ1n) is 11.6. The molecule has 2 aromatic carbocycles. The smallest absolute Gasteiger partial charge is 0.198 e. The van der Waals surface area contributed by atoms with Crippen molar-refractivity contribution in [1.82, 2.24) is 9.78 Å². The molecule has 182 valence electrons. The lowest BCUT2D eigenvalue weighted by atomic mass is 9.94. The SMILES string of the molecule is CC(C)[Si](C#Cc1c2cc(N)c(C(=O)c3cc(F)ccc3Cl)c(C#N)c2nn1C)(C(C)C)C(C)C. The van der Waals surface area contributed by atoms with Crippen LogP contribution in [-0.4, -0.2) is 23.6 Å². The van der Waals surface area contributed by atoms with Crippen molar-refractivity contribution in [3.05, 3.63) is 57.5 Å². The number of carbonyl (C=O) groups excluding carboxylic acids is 1. The lowest BCUT2D eigenvalue weighted by Crippen LogP contribution is -2.43. The number of benzene rings is 2. The second-order valence-corrected chi connectivity index (χ2v) is 15.8. The van der Waals surface area contributed by atoms with Crippen molar-refractivity contribution in [2.75, 3.05) is 5.73 Å². The summed E-state index contributed by atoms with van der Waals surface area (Å²) < 4.78 is 15.5. The lowest BCUT2D eigenvalue weighted by molar-refractivity contribution is 0.103. The van der Waals surface area contributed by atoms with Crippen molar-refractivity contribution in [3.63, 3.8) is 0 Å². The maximum Gasteiger partial charge on any atom is 0.198 e. The maximum absolute atomic E-state index is 13.8. The summed E-state index contributed by atoms with van der Waals surface area (Å²) in [6, 6.07) is 7.20. The van der Waals surface area contributed by atoms with E-state index in [0.717, 1.165) is 12.1 Å². The van der Waals surface area contributed by atoms with Crippen molar-refractivity contribution >= 4 is 42.0 Å². The Hall–Kier alpha value is -3.13. The quantitative estimate of drug-likeness (QED) is 0.181. The molecule has 0 unspecified atom stereocenters. The van der Waals surface area contributed by atoms with Gasteiger partial charge in [0.05, 0.1) is 16.1 Å². The Labute approximate surface area is 212 Å². The molecule has 35 heavy (non-hydrogen) atoms. The van der Waals surface area contributed by atoms with E-state index in [1.165, 1.54) is 6.07 Å². The van der Waals surface area contributed by atoms with Gasteiger partial charge < -0.3 is 5.73 Å². The minimum absolute atomic E-state index is 0.0223. The molecule has 0 saturated carbocycles. The topological polar surface area (TPSA) is 84.7 Å². The van der Waals surface area contributed by atoms with Crippen LogP contribution in [0, 0.1) is 28.6 Å². The molecular formula is C27H30ClFN4OSi. The largest absolute Gasteiger partial charge is 0.398 e. The zero-order chi connectivity index (χ0) is 26.2. The van der Waals surface area contributed by atoms with E-state index in [0.29, 0.717) is 33.2 Å². The van der Waals surface area contributed by atoms with Gasteiger partial charge in [0, 0.05) is 23.7 Å². The highest BCUT2D eigenvalue weighted by Gasteiger charge is 2.41. The van der Waals surface area contributed by atoms with E-state index in [1.54, 1.807) is 17.8 Å². The summed E-state index contributed by atoms with van der Waals surface area (Å²) in [6.45, 7) is 13.4. The third-order valence-corrected chi connectivity index (χ3v) is 13.6. The molecule has 0 aliphatic carbocycles. The van der Waals surface area contributed by atoms with Gasteiger partial charge in [-0.2, -0.15) is 10.4 Å². The normalized spacial score (nSPS) is 11.7. The molecular weight excluding hydrogens is 479 g/mol. The molecule has 0 aliphatic heterocycles. The molecule has 3 rings (SSSR count). The van der Waals surface area contributed by atoms with Crippen LogP contribution in [0.15, 0.2) is 24.3 Å². The van der Waals surface area contributed by atoms with Gasteiger partial charge in [0.25, 0.3) is 0 Å². The van der Waals surface area contributed by atoms with Gasteiger partial charge in [-0.3, -0.25) is 9.48 Å². The molecule has 2 N–H and O–H groups in total. The van der Waals surface area contributed by atoms with Crippen LogP contribution in [0.3, 0.4) is 0 Å². The highest BCUT2D eigenvalue weighted by atomic mass is 35.5. The number of aromatic nitrogens is 2. The zero-order valence-electron chi connectivity index (χ0n) is 21.1. The van der Waals surface area contributed by atoms with Crippen molar-refractivity contribution in [2.45, 2.75) is 58.2 Å². The Bertz CT molecular complexity index is 1400. The Morgan fingerprint density at radius 3 is 2.29 bits per heavy atom. The van der Waals surface area contributed by atoms with E-state index in [2.05, 4.69) is 64.2 Å². The number of nitrogen functional groups attached to an aromatic ring is 1. The predicted octanol–water partition coefficient (Wildman–Crippen LogP) is 6.62. The van der Waals surface area contributed by atoms with Gasteiger partial charge in [-0.1, -0.05) is 59.1 Å². The average molecular weight is 509 g/mol. The fourth-order valence-corrected chi connectivity index (χ4v) is 10.7. The summed E-state index contributed by atoms with van der Waals surface area (Å²) >= 11 is 6.15.